The maximum atomic E-state index is 11.2. The minimum Gasteiger partial charge on any atom is -0.441 e. The number of methoxy groups -OCH3 is 1. The monoisotopic (exact) mass is 221 g/mol. The van der Waals surface area contributed by atoms with Gasteiger partial charge >= 0.3 is 5.97 Å². The summed E-state index contributed by atoms with van der Waals surface area (Å²) in [6, 6.07) is 5.03. The van der Waals surface area contributed by atoms with Gasteiger partial charge in [-0.15, -0.1) is 0 Å². The van der Waals surface area contributed by atoms with Crippen molar-refractivity contribution in [1.82, 2.24) is 4.98 Å². The minimum atomic E-state index is -0.446. The first-order valence-corrected chi connectivity index (χ1v) is 4.76. The molecule has 0 saturated heterocycles. The molecule has 2 aromatic rings. The van der Waals surface area contributed by atoms with Crippen LogP contribution in [0.5, 0.6) is 5.75 Å². The summed E-state index contributed by atoms with van der Waals surface area (Å²) in [7, 11) is 1.43. The van der Waals surface area contributed by atoms with Gasteiger partial charge in [-0.25, -0.2) is 9.78 Å². The Hall–Kier alpha value is -1.88. The van der Waals surface area contributed by atoms with Crippen LogP contribution in [0.4, 0.5) is 0 Å². The van der Waals surface area contributed by atoms with E-state index in [2.05, 4.69) is 9.72 Å². The Morgan fingerprint density at radius 3 is 3.06 bits per heavy atom. The number of nitrogens with zero attached hydrogens (tertiary/aromatic N) is 1. The van der Waals surface area contributed by atoms with Crippen molar-refractivity contribution in [3.8, 4) is 5.75 Å². The highest BCUT2D eigenvalue weighted by molar-refractivity contribution is 5.78. The van der Waals surface area contributed by atoms with Crippen LogP contribution < -0.4 is 4.74 Å². The predicted molar refractivity (Wildman–Crippen MR) is 56.3 cm³/mol. The normalized spacial score (nSPS) is 10.6. The molecule has 0 spiro atoms. The van der Waals surface area contributed by atoms with E-state index >= 15 is 0 Å². The van der Waals surface area contributed by atoms with Gasteiger partial charge in [-0.2, -0.15) is 0 Å². The number of oxazole rings is 1. The smallest absolute Gasteiger partial charge is 0.337 e. The molecule has 1 heterocycles. The third kappa shape index (κ3) is 2.20. The highest BCUT2D eigenvalue weighted by Crippen LogP contribution is 2.21. The maximum absolute atomic E-state index is 11.2. The average Bonchev–Trinajstić information content (AvgIpc) is 2.57. The van der Waals surface area contributed by atoms with Crippen LogP contribution in [0.25, 0.3) is 11.1 Å². The standard InChI is InChI=1S/C11H11NO4/c1-7-12-9-4-3-8(5-10(9)15-7)16-11(13)6-14-2/h3-5H,6H2,1-2H3. The van der Waals surface area contributed by atoms with Gasteiger partial charge in [-0.1, -0.05) is 0 Å². The zero-order valence-corrected chi connectivity index (χ0v) is 9.02. The molecule has 0 bridgehead atoms. The van der Waals surface area contributed by atoms with E-state index in [9.17, 15) is 4.79 Å². The quantitative estimate of drug-likeness (QED) is 0.583. The van der Waals surface area contributed by atoms with E-state index in [1.807, 2.05) is 0 Å². The Bertz CT molecular complexity index is 518. The van der Waals surface area contributed by atoms with E-state index in [0.29, 0.717) is 17.2 Å². The lowest BCUT2D eigenvalue weighted by molar-refractivity contribution is -0.138. The number of carbonyl (C=O) groups excluding carboxylic acids is 1. The molecule has 0 aliphatic carbocycles. The Morgan fingerprint density at radius 1 is 1.50 bits per heavy atom. The first kappa shape index (κ1) is 10.6. The van der Waals surface area contributed by atoms with E-state index in [4.69, 9.17) is 9.15 Å². The van der Waals surface area contributed by atoms with Crippen LogP contribution in [-0.2, 0) is 9.53 Å². The van der Waals surface area contributed by atoms with Gasteiger partial charge in [-0.05, 0) is 12.1 Å². The highest BCUT2D eigenvalue weighted by Gasteiger charge is 2.07. The number of esters is 1. The van der Waals surface area contributed by atoms with Crippen LogP contribution in [0, 0.1) is 6.92 Å². The number of fused-ring (bicyclic) bond motifs is 1. The van der Waals surface area contributed by atoms with E-state index in [-0.39, 0.29) is 6.61 Å². The lowest BCUT2D eigenvalue weighted by Gasteiger charge is -2.02. The second-order valence-electron chi connectivity index (χ2n) is 3.27. The molecule has 0 amide bonds. The van der Waals surface area contributed by atoms with Crippen LogP contribution in [0.1, 0.15) is 5.89 Å². The van der Waals surface area contributed by atoms with E-state index in [1.54, 1.807) is 25.1 Å². The topological polar surface area (TPSA) is 61.6 Å². The Morgan fingerprint density at radius 2 is 2.31 bits per heavy atom. The molecule has 5 heteroatoms. The summed E-state index contributed by atoms with van der Waals surface area (Å²) in [4.78, 5) is 15.3. The molecule has 0 atom stereocenters. The molecule has 0 radical (unpaired) electrons. The first-order valence-electron chi connectivity index (χ1n) is 4.76. The SMILES string of the molecule is COCC(=O)Oc1ccc2nc(C)oc2c1. The molecule has 1 aromatic heterocycles. The predicted octanol–water partition coefficient (Wildman–Crippen LogP) is 1.69. The molecule has 0 saturated carbocycles. The second kappa shape index (κ2) is 4.32. The minimum absolute atomic E-state index is 0.0759. The van der Waals surface area contributed by atoms with Gasteiger partial charge in [0.2, 0.25) is 0 Å². The fourth-order valence-corrected chi connectivity index (χ4v) is 1.36. The molecular formula is C11H11NO4. The molecule has 0 fully saturated rings. The lowest BCUT2D eigenvalue weighted by Crippen LogP contribution is -2.13. The van der Waals surface area contributed by atoms with Crippen molar-refractivity contribution in [2.45, 2.75) is 6.92 Å². The molecule has 2 rings (SSSR count). The number of rotatable bonds is 3. The first-order chi connectivity index (χ1) is 7.69. The van der Waals surface area contributed by atoms with Crippen molar-refractivity contribution in [3.05, 3.63) is 24.1 Å². The van der Waals surface area contributed by atoms with E-state index in [0.717, 1.165) is 5.52 Å². The number of aromatic nitrogens is 1. The summed E-state index contributed by atoms with van der Waals surface area (Å²) >= 11 is 0. The number of carbonyl (C=O) groups is 1. The maximum Gasteiger partial charge on any atom is 0.337 e. The van der Waals surface area contributed by atoms with Crippen molar-refractivity contribution in [2.75, 3.05) is 13.7 Å². The summed E-state index contributed by atoms with van der Waals surface area (Å²) in [5.74, 6) is 0.555. The fourth-order valence-electron chi connectivity index (χ4n) is 1.36. The molecule has 0 N–H and O–H groups in total. The van der Waals surface area contributed by atoms with E-state index in [1.165, 1.54) is 7.11 Å². The second-order valence-corrected chi connectivity index (χ2v) is 3.27. The molecule has 0 unspecified atom stereocenters. The Labute approximate surface area is 92.0 Å². The fraction of sp³-hybridized carbons (Fsp3) is 0.273. The summed E-state index contributed by atoms with van der Waals surface area (Å²) < 4.78 is 15.0. The Balaban J connectivity index is 2.22. The van der Waals surface area contributed by atoms with Gasteiger partial charge in [0.05, 0.1) is 0 Å². The van der Waals surface area contributed by atoms with Crippen LogP contribution in [0.3, 0.4) is 0 Å². The summed E-state index contributed by atoms with van der Waals surface area (Å²) in [6.45, 7) is 1.68. The number of hydrogen-bond donors (Lipinski definition) is 0. The van der Waals surface area contributed by atoms with Crippen molar-refractivity contribution in [3.63, 3.8) is 0 Å². The van der Waals surface area contributed by atoms with Gasteiger partial charge in [0.15, 0.2) is 11.5 Å². The molecular weight excluding hydrogens is 210 g/mol. The average molecular weight is 221 g/mol. The molecule has 1 aromatic carbocycles. The molecule has 0 aliphatic rings. The highest BCUT2D eigenvalue weighted by atomic mass is 16.6. The van der Waals surface area contributed by atoms with Crippen molar-refractivity contribution in [2.24, 2.45) is 0 Å². The molecule has 84 valence electrons. The number of benzene rings is 1. The number of ether oxygens (including phenoxy) is 2. The van der Waals surface area contributed by atoms with Gasteiger partial charge in [0, 0.05) is 20.1 Å². The zero-order chi connectivity index (χ0) is 11.5. The largest absolute Gasteiger partial charge is 0.441 e. The third-order valence-electron chi connectivity index (χ3n) is 1.96. The number of hydrogen-bond acceptors (Lipinski definition) is 5. The summed E-state index contributed by atoms with van der Waals surface area (Å²) in [5.41, 5.74) is 1.34. The zero-order valence-electron chi connectivity index (χ0n) is 9.02. The van der Waals surface area contributed by atoms with Crippen LogP contribution in [0.2, 0.25) is 0 Å². The van der Waals surface area contributed by atoms with Crippen LogP contribution in [-0.4, -0.2) is 24.7 Å². The van der Waals surface area contributed by atoms with Crippen molar-refractivity contribution in [1.29, 1.82) is 0 Å². The van der Waals surface area contributed by atoms with E-state index < -0.39 is 5.97 Å². The van der Waals surface area contributed by atoms with Gasteiger partial charge < -0.3 is 13.9 Å². The van der Waals surface area contributed by atoms with Gasteiger partial charge in [0.25, 0.3) is 0 Å². The van der Waals surface area contributed by atoms with Crippen LogP contribution >= 0.6 is 0 Å². The molecule has 0 aliphatic heterocycles. The summed E-state index contributed by atoms with van der Waals surface area (Å²) in [6.07, 6.45) is 0. The molecule has 16 heavy (non-hydrogen) atoms. The third-order valence-corrected chi connectivity index (χ3v) is 1.96. The van der Waals surface area contributed by atoms with Gasteiger partial charge in [-0.3, -0.25) is 0 Å². The van der Waals surface area contributed by atoms with Crippen LogP contribution in [0.15, 0.2) is 22.6 Å². The van der Waals surface area contributed by atoms with Crippen molar-refractivity contribution < 1.29 is 18.7 Å². The van der Waals surface area contributed by atoms with Gasteiger partial charge in [0.1, 0.15) is 17.9 Å². The molecule has 5 nitrogen and oxygen atoms in total. The number of aryl methyl sites for hydroxylation is 1. The lowest BCUT2D eigenvalue weighted by atomic mass is 10.3. The Kier molecular flexibility index (Phi) is 2.87. The summed E-state index contributed by atoms with van der Waals surface area (Å²) in [5, 5.41) is 0. The van der Waals surface area contributed by atoms with Crippen molar-refractivity contribution >= 4 is 17.1 Å².